The first-order chi connectivity index (χ1) is 17.9. The standard InChI is InChI=1S/C28H26F2N4O2S/c1-32-13-11-20-21-15-34(28(35)31-23-14-18(29)7-10-22(23)30)26(17-5-8-19(36-2)9-6-17)24-4-3-12-33(24)27(21)37-25(20)16-32/h3-10,12,14,26H,11,13,15-16H2,1-2H3,(H,31,35)/t26-/m0/s1. The molecule has 0 fully saturated rings. The number of methoxy groups -OCH3 is 1. The first-order valence-electron chi connectivity index (χ1n) is 12.1. The maximum absolute atomic E-state index is 14.5. The highest BCUT2D eigenvalue weighted by Gasteiger charge is 2.36. The number of urea groups is 1. The van der Waals surface area contributed by atoms with Gasteiger partial charge in [0.1, 0.15) is 22.4 Å². The lowest BCUT2D eigenvalue weighted by molar-refractivity contribution is 0.194. The number of nitrogens with zero attached hydrogens (tertiary/aromatic N) is 3. The van der Waals surface area contributed by atoms with Gasteiger partial charge in [-0.2, -0.15) is 0 Å². The molecule has 6 nitrogen and oxygen atoms in total. The normalized spacial score (nSPS) is 17.0. The van der Waals surface area contributed by atoms with Crippen molar-refractivity contribution in [3.8, 4) is 10.8 Å². The van der Waals surface area contributed by atoms with Crippen LogP contribution in [0.25, 0.3) is 5.00 Å². The van der Waals surface area contributed by atoms with Crippen molar-refractivity contribution < 1.29 is 18.3 Å². The van der Waals surface area contributed by atoms with Gasteiger partial charge in [-0.05, 0) is 61.0 Å². The molecule has 0 aliphatic carbocycles. The van der Waals surface area contributed by atoms with Gasteiger partial charge in [-0.1, -0.05) is 12.1 Å². The Bertz CT molecular complexity index is 1480. The van der Waals surface area contributed by atoms with E-state index in [9.17, 15) is 13.6 Å². The van der Waals surface area contributed by atoms with Crippen LogP contribution in [0.4, 0.5) is 19.3 Å². The molecule has 1 N–H and O–H groups in total. The molecular formula is C28H26F2N4O2S. The van der Waals surface area contributed by atoms with Gasteiger partial charge < -0.3 is 24.4 Å². The average Bonchev–Trinajstić information content (AvgIpc) is 3.47. The van der Waals surface area contributed by atoms with Gasteiger partial charge >= 0.3 is 6.03 Å². The van der Waals surface area contributed by atoms with E-state index in [2.05, 4.69) is 21.8 Å². The number of nitrogens with one attached hydrogen (secondary N) is 1. The summed E-state index contributed by atoms with van der Waals surface area (Å²) in [6, 6.07) is 13.7. The van der Waals surface area contributed by atoms with Crippen LogP contribution in [0.15, 0.2) is 60.8 Å². The fourth-order valence-corrected chi connectivity index (χ4v) is 6.71. The van der Waals surface area contributed by atoms with E-state index in [1.54, 1.807) is 23.3 Å². The number of aromatic nitrogens is 1. The Labute approximate surface area is 217 Å². The van der Waals surface area contributed by atoms with Crippen molar-refractivity contribution in [2.75, 3.05) is 26.0 Å². The van der Waals surface area contributed by atoms with Crippen LogP contribution in [0, 0.1) is 11.6 Å². The summed E-state index contributed by atoms with van der Waals surface area (Å²) in [5.41, 5.74) is 4.01. The molecule has 0 spiro atoms. The van der Waals surface area contributed by atoms with Gasteiger partial charge in [0.2, 0.25) is 0 Å². The van der Waals surface area contributed by atoms with E-state index in [0.717, 1.165) is 59.5 Å². The molecule has 0 saturated heterocycles. The van der Waals surface area contributed by atoms with Crippen LogP contribution >= 0.6 is 11.3 Å². The van der Waals surface area contributed by atoms with Crippen LogP contribution in [0.1, 0.15) is 33.3 Å². The summed E-state index contributed by atoms with van der Waals surface area (Å²) in [6.45, 7) is 2.15. The Kier molecular flexibility index (Phi) is 5.97. The van der Waals surface area contributed by atoms with Gasteiger partial charge in [0.25, 0.3) is 0 Å². The average molecular weight is 521 g/mol. The minimum Gasteiger partial charge on any atom is -0.497 e. The predicted molar refractivity (Wildman–Crippen MR) is 139 cm³/mol. The molecule has 2 amide bonds. The minimum absolute atomic E-state index is 0.188. The van der Waals surface area contributed by atoms with Gasteiger partial charge in [-0.15, -0.1) is 11.3 Å². The predicted octanol–water partition coefficient (Wildman–Crippen LogP) is 5.95. The number of likely N-dealkylation sites (N-methyl/N-ethyl adjacent to an activating group) is 1. The number of carbonyl (C=O) groups excluding carboxylic acids is 1. The molecule has 0 saturated carbocycles. The Hall–Kier alpha value is -3.69. The van der Waals surface area contributed by atoms with E-state index >= 15 is 0 Å². The Morgan fingerprint density at radius 3 is 2.68 bits per heavy atom. The molecule has 2 aromatic carbocycles. The summed E-state index contributed by atoms with van der Waals surface area (Å²) >= 11 is 1.76. The fraction of sp³-hybridized carbons (Fsp3) is 0.250. The molecule has 2 aliphatic rings. The molecular weight excluding hydrogens is 494 g/mol. The summed E-state index contributed by atoms with van der Waals surface area (Å²) in [5, 5.41) is 3.74. The van der Waals surface area contributed by atoms with Gasteiger partial charge in [-0.3, -0.25) is 0 Å². The van der Waals surface area contributed by atoms with Gasteiger partial charge in [0.15, 0.2) is 0 Å². The number of carbonyl (C=O) groups is 1. The van der Waals surface area contributed by atoms with Crippen molar-refractivity contribution in [3.05, 3.63) is 99.7 Å². The van der Waals surface area contributed by atoms with E-state index in [1.807, 2.05) is 42.6 Å². The molecule has 37 heavy (non-hydrogen) atoms. The summed E-state index contributed by atoms with van der Waals surface area (Å²) in [5.74, 6) is -0.597. The number of amides is 2. The SMILES string of the molecule is COc1ccc([C@H]2c3cccn3-c3sc4c(c3CN2C(=O)Nc2cc(F)ccc2F)CCN(C)C4)cc1. The summed E-state index contributed by atoms with van der Waals surface area (Å²) < 4.78 is 35.9. The number of benzene rings is 2. The maximum atomic E-state index is 14.5. The van der Waals surface area contributed by atoms with Crippen molar-refractivity contribution in [2.45, 2.75) is 25.6 Å². The summed E-state index contributed by atoms with van der Waals surface area (Å²) in [4.78, 5) is 19.2. The summed E-state index contributed by atoms with van der Waals surface area (Å²) in [7, 11) is 3.72. The lowest BCUT2D eigenvalue weighted by Gasteiger charge is -2.32. The second kappa shape index (κ2) is 9.32. The van der Waals surface area contributed by atoms with Gasteiger partial charge in [-0.25, -0.2) is 13.6 Å². The minimum atomic E-state index is -0.689. The first kappa shape index (κ1) is 23.7. The van der Waals surface area contributed by atoms with Gasteiger partial charge in [0, 0.05) is 35.8 Å². The highest BCUT2D eigenvalue weighted by Crippen LogP contribution is 2.43. The second-order valence-electron chi connectivity index (χ2n) is 9.44. The quantitative estimate of drug-likeness (QED) is 0.363. The number of halogens is 2. The number of rotatable bonds is 3. The molecule has 0 unspecified atom stereocenters. The Balaban J connectivity index is 1.49. The zero-order valence-corrected chi connectivity index (χ0v) is 21.3. The number of fused-ring (bicyclic) bond motifs is 5. The topological polar surface area (TPSA) is 49.7 Å². The lowest BCUT2D eigenvalue weighted by atomic mass is 10.00. The number of anilines is 1. The third-order valence-corrected chi connectivity index (χ3v) is 8.38. The van der Waals surface area contributed by atoms with Crippen molar-refractivity contribution in [1.29, 1.82) is 0 Å². The highest BCUT2D eigenvalue weighted by atomic mass is 32.1. The number of thiophene rings is 1. The van der Waals surface area contributed by atoms with E-state index < -0.39 is 23.7 Å². The molecule has 1 atom stereocenters. The molecule has 6 rings (SSSR count). The van der Waals surface area contributed by atoms with Crippen molar-refractivity contribution in [1.82, 2.24) is 14.4 Å². The number of hydrogen-bond acceptors (Lipinski definition) is 4. The number of ether oxygens (including phenoxy) is 1. The third kappa shape index (κ3) is 4.18. The molecule has 4 aromatic rings. The smallest absolute Gasteiger partial charge is 0.323 e. The molecule has 4 heterocycles. The van der Waals surface area contributed by atoms with Crippen molar-refractivity contribution in [2.24, 2.45) is 0 Å². The van der Waals surface area contributed by atoms with Crippen LogP contribution < -0.4 is 10.1 Å². The second-order valence-corrected chi connectivity index (χ2v) is 10.5. The zero-order valence-electron chi connectivity index (χ0n) is 20.5. The van der Waals surface area contributed by atoms with E-state index in [4.69, 9.17) is 4.74 Å². The van der Waals surface area contributed by atoms with Crippen LogP contribution in [0.3, 0.4) is 0 Å². The Morgan fingerprint density at radius 2 is 1.89 bits per heavy atom. The third-order valence-electron chi connectivity index (χ3n) is 7.12. The van der Waals surface area contributed by atoms with Crippen LogP contribution in [-0.2, 0) is 19.5 Å². The van der Waals surface area contributed by atoms with E-state index in [0.29, 0.717) is 12.3 Å². The van der Waals surface area contributed by atoms with Crippen LogP contribution in [0.5, 0.6) is 5.75 Å². The van der Waals surface area contributed by atoms with Crippen LogP contribution in [0.2, 0.25) is 0 Å². The molecule has 190 valence electrons. The molecule has 0 radical (unpaired) electrons. The molecule has 0 bridgehead atoms. The molecule has 2 aliphatic heterocycles. The van der Waals surface area contributed by atoms with Crippen molar-refractivity contribution >= 4 is 23.1 Å². The lowest BCUT2D eigenvalue weighted by Crippen LogP contribution is -2.38. The van der Waals surface area contributed by atoms with Crippen molar-refractivity contribution in [3.63, 3.8) is 0 Å². The monoisotopic (exact) mass is 520 g/mol. The largest absolute Gasteiger partial charge is 0.497 e. The van der Waals surface area contributed by atoms with Gasteiger partial charge in [0.05, 0.1) is 31.1 Å². The molecule has 2 aromatic heterocycles. The highest BCUT2D eigenvalue weighted by molar-refractivity contribution is 7.15. The fourth-order valence-electron chi connectivity index (χ4n) is 5.27. The summed E-state index contributed by atoms with van der Waals surface area (Å²) in [6.07, 6.45) is 2.93. The maximum Gasteiger partial charge on any atom is 0.323 e. The Morgan fingerprint density at radius 1 is 1.08 bits per heavy atom. The zero-order chi connectivity index (χ0) is 25.7. The van der Waals surface area contributed by atoms with Crippen LogP contribution in [-0.4, -0.2) is 41.1 Å². The van der Waals surface area contributed by atoms with E-state index in [-0.39, 0.29) is 5.69 Å². The van der Waals surface area contributed by atoms with E-state index in [1.165, 1.54) is 10.4 Å². The number of hydrogen-bond donors (Lipinski definition) is 1. The first-order valence-corrected chi connectivity index (χ1v) is 12.9. The molecule has 9 heteroatoms.